The number of benzene rings is 2. The van der Waals surface area contributed by atoms with Gasteiger partial charge in [0.25, 0.3) is 5.91 Å². The Kier molecular flexibility index (Phi) is 6.04. The lowest BCUT2D eigenvalue weighted by molar-refractivity contribution is -0.173. The zero-order valence-electron chi connectivity index (χ0n) is 16.5. The molecule has 0 spiro atoms. The number of hydrogen-bond donors (Lipinski definition) is 2. The number of amides is 1. The van der Waals surface area contributed by atoms with Crippen LogP contribution in [0, 0.1) is 6.92 Å². The summed E-state index contributed by atoms with van der Waals surface area (Å²) in [6.07, 6.45) is -4.90. The molecule has 0 radical (unpaired) electrons. The number of carbonyl (C=O) groups excluding carboxylic acids is 1. The Bertz CT molecular complexity index is 1180. The Balaban J connectivity index is 1.71. The zero-order valence-corrected chi connectivity index (χ0v) is 18.7. The molecule has 2 N–H and O–H groups in total. The van der Waals surface area contributed by atoms with E-state index in [0.29, 0.717) is 10.6 Å². The molecule has 0 aliphatic carbocycles. The van der Waals surface area contributed by atoms with E-state index in [4.69, 9.17) is 34.8 Å². The van der Waals surface area contributed by atoms with Crippen LogP contribution >= 0.6 is 34.8 Å². The third-order valence-electron chi connectivity index (χ3n) is 5.17. The van der Waals surface area contributed by atoms with E-state index in [2.05, 4.69) is 15.7 Å². The zero-order chi connectivity index (χ0) is 23.2. The predicted octanol–water partition coefficient (Wildman–Crippen LogP) is 7.06. The van der Waals surface area contributed by atoms with E-state index in [1.54, 1.807) is 12.1 Å². The van der Waals surface area contributed by atoms with Crippen molar-refractivity contribution in [2.75, 3.05) is 10.6 Å². The summed E-state index contributed by atoms with van der Waals surface area (Å²) < 4.78 is 42.4. The topological polar surface area (TPSA) is 59.0 Å². The Morgan fingerprint density at radius 1 is 1.16 bits per heavy atom. The molecule has 11 heteroatoms. The largest absolute Gasteiger partial charge is 0.410 e. The smallest absolute Gasteiger partial charge is 0.362 e. The summed E-state index contributed by atoms with van der Waals surface area (Å²) in [5.41, 5.74) is 1.48. The quantitative estimate of drug-likeness (QED) is 0.402. The molecule has 0 fully saturated rings. The highest BCUT2D eigenvalue weighted by molar-refractivity contribution is 6.38. The lowest BCUT2D eigenvalue weighted by atomic mass is 9.96. The Morgan fingerprint density at radius 2 is 1.84 bits per heavy atom. The summed E-state index contributed by atoms with van der Waals surface area (Å²) >= 11 is 18.3. The summed E-state index contributed by atoms with van der Waals surface area (Å²) in [6, 6.07) is 8.96. The molecule has 1 aromatic heterocycles. The number of anilines is 2. The van der Waals surface area contributed by atoms with E-state index < -0.39 is 24.2 Å². The van der Waals surface area contributed by atoms with E-state index in [-0.39, 0.29) is 33.7 Å². The van der Waals surface area contributed by atoms with Gasteiger partial charge in [0.05, 0.1) is 16.8 Å². The molecule has 2 aromatic carbocycles. The van der Waals surface area contributed by atoms with Gasteiger partial charge in [0, 0.05) is 11.4 Å². The predicted molar refractivity (Wildman–Crippen MR) is 119 cm³/mol. The van der Waals surface area contributed by atoms with E-state index in [9.17, 15) is 18.0 Å². The van der Waals surface area contributed by atoms with Crippen molar-refractivity contribution in [1.82, 2.24) is 9.78 Å². The fraction of sp³-hybridized carbons (Fsp3) is 0.238. The minimum Gasteiger partial charge on any atom is -0.362 e. The van der Waals surface area contributed by atoms with Crippen molar-refractivity contribution >= 4 is 52.2 Å². The monoisotopic (exact) mass is 502 g/mol. The van der Waals surface area contributed by atoms with Crippen LogP contribution in [0.25, 0.3) is 0 Å². The van der Waals surface area contributed by atoms with Crippen molar-refractivity contribution in [1.29, 1.82) is 0 Å². The van der Waals surface area contributed by atoms with Gasteiger partial charge in [-0.1, -0.05) is 64.6 Å². The molecule has 0 saturated carbocycles. The fourth-order valence-electron chi connectivity index (χ4n) is 3.53. The first kappa shape index (κ1) is 22.8. The molecule has 2 heterocycles. The van der Waals surface area contributed by atoms with Gasteiger partial charge in [0.15, 0.2) is 11.7 Å². The van der Waals surface area contributed by atoms with Crippen molar-refractivity contribution in [2.45, 2.75) is 31.6 Å². The normalized spacial score (nSPS) is 18.1. The van der Waals surface area contributed by atoms with Gasteiger partial charge >= 0.3 is 6.18 Å². The standard InChI is InChI=1S/C21H16Cl3F3N4O/c1-10-2-4-11(5-3-10)14-9-16(21(25,26)27)31-19(28-14)17(24)18(30-31)20(32)29-15-8-12(22)6-7-13(15)23/h2-8,14,16,28H,9H2,1H3,(H,29,32). The first-order valence-corrected chi connectivity index (χ1v) is 10.6. The number of nitrogens with one attached hydrogen (secondary N) is 2. The molecule has 2 atom stereocenters. The minimum atomic E-state index is -4.60. The Labute approximate surface area is 196 Å². The average Bonchev–Trinajstić information content (AvgIpc) is 3.06. The highest BCUT2D eigenvalue weighted by atomic mass is 35.5. The molecule has 3 aromatic rings. The summed E-state index contributed by atoms with van der Waals surface area (Å²) in [5, 5.41) is 9.71. The molecule has 0 saturated heterocycles. The number of fused-ring (bicyclic) bond motifs is 1. The SMILES string of the molecule is Cc1ccc(C2CC(C(F)(F)F)n3nc(C(=O)Nc4cc(Cl)ccc4Cl)c(Cl)c3N2)cc1. The van der Waals surface area contributed by atoms with Crippen LogP contribution in [0.5, 0.6) is 0 Å². The number of aryl methyl sites for hydroxylation is 1. The van der Waals surface area contributed by atoms with Gasteiger partial charge < -0.3 is 10.6 Å². The first-order chi connectivity index (χ1) is 15.0. The number of aromatic nitrogens is 2. The van der Waals surface area contributed by atoms with E-state index in [0.717, 1.165) is 10.2 Å². The molecule has 5 nitrogen and oxygen atoms in total. The van der Waals surface area contributed by atoms with Gasteiger partial charge in [-0.05, 0) is 30.7 Å². The van der Waals surface area contributed by atoms with Crippen LogP contribution in [-0.4, -0.2) is 21.9 Å². The average molecular weight is 504 g/mol. The molecule has 1 aliphatic rings. The maximum Gasteiger partial charge on any atom is 0.410 e. The van der Waals surface area contributed by atoms with Gasteiger partial charge in [-0.3, -0.25) is 4.79 Å². The number of hydrogen-bond acceptors (Lipinski definition) is 3. The second kappa shape index (κ2) is 8.50. The first-order valence-electron chi connectivity index (χ1n) is 9.49. The second-order valence-corrected chi connectivity index (χ2v) is 8.66. The van der Waals surface area contributed by atoms with E-state index >= 15 is 0 Å². The van der Waals surface area contributed by atoms with Gasteiger partial charge in [-0.15, -0.1) is 0 Å². The maximum atomic E-state index is 13.9. The number of carbonyl (C=O) groups is 1. The van der Waals surface area contributed by atoms with Crippen molar-refractivity contribution in [3.05, 3.63) is 74.4 Å². The van der Waals surface area contributed by atoms with Crippen LogP contribution in [0.2, 0.25) is 15.1 Å². The molecule has 0 bridgehead atoms. The van der Waals surface area contributed by atoms with Crippen LogP contribution < -0.4 is 10.6 Å². The summed E-state index contributed by atoms with van der Waals surface area (Å²) in [4.78, 5) is 12.8. The van der Waals surface area contributed by atoms with Gasteiger partial charge in [0.2, 0.25) is 0 Å². The maximum absolute atomic E-state index is 13.9. The fourth-order valence-corrected chi connectivity index (χ4v) is 4.13. The third-order valence-corrected chi connectivity index (χ3v) is 6.09. The van der Waals surface area contributed by atoms with Gasteiger partial charge in [0.1, 0.15) is 10.8 Å². The van der Waals surface area contributed by atoms with Crippen molar-refractivity contribution in [3.8, 4) is 0 Å². The summed E-state index contributed by atoms with van der Waals surface area (Å²) in [7, 11) is 0. The minimum absolute atomic E-state index is 0.0758. The van der Waals surface area contributed by atoms with Crippen LogP contribution in [0.4, 0.5) is 24.7 Å². The Hall–Kier alpha value is -2.42. The van der Waals surface area contributed by atoms with Crippen LogP contribution in [0.3, 0.4) is 0 Å². The highest BCUT2D eigenvalue weighted by Gasteiger charge is 2.47. The molecule has 32 heavy (non-hydrogen) atoms. The number of nitrogens with zero attached hydrogens (tertiary/aromatic N) is 2. The molecule has 1 amide bonds. The third kappa shape index (κ3) is 4.40. The van der Waals surface area contributed by atoms with Gasteiger partial charge in [-0.25, -0.2) is 4.68 Å². The second-order valence-electron chi connectivity index (χ2n) is 7.43. The molecular weight excluding hydrogens is 488 g/mol. The van der Waals surface area contributed by atoms with Crippen molar-refractivity contribution < 1.29 is 18.0 Å². The lowest BCUT2D eigenvalue weighted by Gasteiger charge is -2.33. The van der Waals surface area contributed by atoms with Crippen molar-refractivity contribution in [2.24, 2.45) is 0 Å². The Morgan fingerprint density at radius 3 is 2.50 bits per heavy atom. The molecule has 4 rings (SSSR count). The number of rotatable bonds is 3. The van der Waals surface area contributed by atoms with E-state index in [1.807, 2.05) is 19.1 Å². The van der Waals surface area contributed by atoms with Gasteiger partial charge in [-0.2, -0.15) is 18.3 Å². The highest BCUT2D eigenvalue weighted by Crippen LogP contribution is 2.46. The van der Waals surface area contributed by atoms with Crippen molar-refractivity contribution in [3.63, 3.8) is 0 Å². The van der Waals surface area contributed by atoms with Crippen LogP contribution in [-0.2, 0) is 0 Å². The summed E-state index contributed by atoms with van der Waals surface area (Å²) in [5.74, 6) is -0.885. The van der Waals surface area contributed by atoms with Crippen LogP contribution in [0.1, 0.15) is 40.1 Å². The molecule has 168 valence electrons. The molecular formula is C21H16Cl3F3N4O. The molecule has 2 unspecified atom stereocenters. The van der Waals surface area contributed by atoms with Crippen LogP contribution in [0.15, 0.2) is 42.5 Å². The molecule has 1 aliphatic heterocycles. The summed E-state index contributed by atoms with van der Waals surface area (Å²) in [6.45, 7) is 1.89. The number of halogens is 6. The lowest BCUT2D eigenvalue weighted by Crippen LogP contribution is -2.35. The number of alkyl halides is 3. The van der Waals surface area contributed by atoms with E-state index in [1.165, 1.54) is 18.2 Å².